The highest BCUT2D eigenvalue weighted by Crippen LogP contribution is 2.23. The summed E-state index contributed by atoms with van der Waals surface area (Å²) in [5.41, 5.74) is 2.31. The molecule has 1 N–H and O–H groups in total. The highest BCUT2D eigenvalue weighted by atomic mass is 35.5. The second-order valence-electron chi connectivity index (χ2n) is 6.22. The molecule has 0 radical (unpaired) electrons. The maximum absolute atomic E-state index is 11.1. The van der Waals surface area contributed by atoms with Crippen molar-refractivity contribution in [2.75, 3.05) is 26.2 Å². The van der Waals surface area contributed by atoms with Crippen molar-refractivity contribution in [3.63, 3.8) is 0 Å². The predicted molar refractivity (Wildman–Crippen MR) is 101 cm³/mol. The molecule has 1 atom stereocenters. The Morgan fingerprint density at radius 2 is 1.88 bits per heavy atom. The summed E-state index contributed by atoms with van der Waals surface area (Å²) in [5.74, 6) is -0.0699. The molecular weight excluding hydrogens is 338 g/mol. The van der Waals surface area contributed by atoms with E-state index < -0.39 is 5.97 Å². The number of hydrogen-bond donors (Lipinski definition) is 1. The first kappa shape index (κ1) is 19.3. The van der Waals surface area contributed by atoms with Crippen molar-refractivity contribution in [3.8, 4) is 16.9 Å². The smallest absolute Gasteiger partial charge is 0.307 e. The van der Waals surface area contributed by atoms with Crippen LogP contribution in [0.15, 0.2) is 54.6 Å². The Labute approximate surface area is 154 Å². The van der Waals surface area contributed by atoms with E-state index in [1.54, 1.807) is 0 Å². The molecule has 0 spiro atoms. The van der Waals surface area contributed by atoms with Gasteiger partial charge in [-0.1, -0.05) is 42.5 Å². The lowest BCUT2D eigenvalue weighted by Gasteiger charge is -2.30. The topological polar surface area (TPSA) is 49.8 Å². The van der Waals surface area contributed by atoms with Gasteiger partial charge in [-0.15, -0.1) is 12.4 Å². The highest BCUT2D eigenvalue weighted by molar-refractivity contribution is 5.85. The fourth-order valence-corrected chi connectivity index (χ4v) is 3.15. The summed E-state index contributed by atoms with van der Waals surface area (Å²) < 4.78 is 5.88. The number of carboxylic acids is 1. The van der Waals surface area contributed by atoms with Crippen LogP contribution in [0.3, 0.4) is 0 Å². The monoisotopic (exact) mass is 361 g/mol. The van der Waals surface area contributed by atoms with Gasteiger partial charge in [-0.05, 0) is 42.6 Å². The molecule has 4 nitrogen and oxygen atoms in total. The standard InChI is InChI=1S/C20H23NO3.ClH/c22-20(23)18-9-5-11-21(15-18)12-13-24-19-10-4-8-17(14-19)16-6-2-1-3-7-16;/h1-4,6-8,10,14,18H,5,9,11-13,15H2,(H,22,23);1H/t18-;/m1./s1. The molecule has 2 aromatic carbocycles. The first-order valence-electron chi connectivity index (χ1n) is 8.46. The second kappa shape index (κ2) is 9.44. The summed E-state index contributed by atoms with van der Waals surface area (Å²) in [7, 11) is 0. The lowest BCUT2D eigenvalue weighted by molar-refractivity contribution is -0.143. The molecule has 0 aliphatic carbocycles. The average molecular weight is 362 g/mol. The molecule has 0 saturated carbocycles. The predicted octanol–water partition coefficient (Wildman–Crippen LogP) is 3.95. The van der Waals surface area contributed by atoms with Crippen LogP contribution in [0.5, 0.6) is 5.75 Å². The van der Waals surface area contributed by atoms with E-state index >= 15 is 0 Å². The molecule has 1 aliphatic heterocycles. The zero-order valence-electron chi connectivity index (χ0n) is 14.1. The largest absolute Gasteiger partial charge is 0.492 e. The molecular formula is C20H24ClNO3. The number of benzene rings is 2. The minimum absolute atomic E-state index is 0. The summed E-state index contributed by atoms with van der Waals surface area (Å²) in [4.78, 5) is 13.3. The van der Waals surface area contributed by atoms with Gasteiger partial charge < -0.3 is 9.84 Å². The van der Waals surface area contributed by atoms with Crippen molar-refractivity contribution in [1.29, 1.82) is 0 Å². The van der Waals surface area contributed by atoms with E-state index in [2.05, 4.69) is 23.1 Å². The minimum Gasteiger partial charge on any atom is -0.492 e. The Hall–Kier alpha value is -2.04. The number of rotatable bonds is 6. The number of aliphatic carboxylic acids is 1. The first-order chi connectivity index (χ1) is 11.7. The molecule has 0 amide bonds. The van der Waals surface area contributed by atoms with Crippen LogP contribution in [0.25, 0.3) is 11.1 Å². The summed E-state index contributed by atoms with van der Waals surface area (Å²) in [6, 6.07) is 18.3. The third-order valence-electron chi connectivity index (χ3n) is 4.47. The second-order valence-corrected chi connectivity index (χ2v) is 6.22. The summed E-state index contributed by atoms with van der Waals surface area (Å²) >= 11 is 0. The minimum atomic E-state index is -0.684. The van der Waals surface area contributed by atoms with E-state index in [1.165, 1.54) is 5.56 Å². The quantitative estimate of drug-likeness (QED) is 0.846. The lowest BCUT2D eigenvalue weighted by atomic mass is 9.98. The van der Waals surface area contributed by atoms with Crippen LogP contribution in [-0.2, 0) is 4.79 Å². The van der Waals surface area contributed by atoms with Crippen molar-refractivity contribution in [2.24, 2.45) is 5.92 Å². The van der Waals surface area contributed by atoms with Gasteiger partial charge in [0, 0.05) is 13.1 Å². The van der Waals surface area contributed by atoms with Gasteiger partial charge in [0.25, 0.3) is 0 Å². The van der Waals surface area contributed by atoms with Crippen molar-refractivity contribution in [3.05, 3.63) is 54.6 Å². The van der Waals surface area contributed by atoms with E-state index in [4.69, 9.17) is 9.84 Å². The number of piperidine rings is 1. The number of halogens is 1. The number of hydrogen-bond acceptors (Lipinski definition) is 3. The molecule has 1 aliphatic rings. The Kier molecular flexibility index (Phi) is 7.29. The van der Waals surface area contributed by atoms with Crippen LogP contribution >= 0.6 is 12.4 Å². The van der Waals surface area contributed by atoms with Crippen LogP contribution in [0.1, 0.15) is 12.8 Å². The molecule has 1 saturated heterocycles. The maximum Gasteiger partial charge on any atom is 0.307 e. The number of likely N-dealkylation sites (tertiary alicyclic amines) is 1. The summed E-state index contributed by atoms with van der Waals surface area (Å²) in [5, 5.41) is 9.14. The molecule has 134 valence electrons. The Bertz CT molecular complexity index is 678. The van der Waals surface area contributed by atoms with Gasteiger partial charge in [-0.25, -0.2) is 0 Å². The number of ether oxygens (including phenoxy) is 1. The van der Waals surface area contributed by atoms with Crippen molar-refractivity contribution >= 4 is 18.4 Å². The maximum atomic E-state index is 11.1. The molecule has 2 aromatic rings. The van der Waals surface area contributed by atoms with Crippen molar-refractivity contribution in [2.45, 2.75) is 12.8 Å². The van der Waals surface area contributed by atoms with E-state index in [-0.39, 0.29) is 18.3 Å². The van der Waals surface area contributed by atoms with Gasteiger partial charge >= 0.3 is 5.97 Å². The van der Waals surface area contributed by atoms with Crippen LogP contribution in [0.4, 0.5) is 0 Å². The molecule has 0 unspecified atom stereocenters. The zero-order valence-corrected chi connectivity index (χ0v) is 15.0. The third kappa shape index (κ3) is 5.48. The molecule has 3 rings (SSSR count). The average Bonchev–Trinajstić information content (AvgIpc) is 2.63. The Balaban J connectivity index is 0.00000225. The van der Waals surface area contributed by atoms with Gasteiger partial charge in [0.05, 0.1) is 5.92 Å². The van der Waals surface area contributed by atoms with E-state index in [9.17, 15) is 4.79 Å². The van der Waals surface area contributed by atoms with Crippen LogP contribution in [0.2, 0.25) is 0 Å². The van der Waals surface area contributed by atoms with Crippen molar-refractivity contribution < 1.29 is 14.6 Å². The van der Waals surface area contributed by atoms with Gasteiger partial charge in [0.2, 0.25) is 0 Å². The normalized spacial score (nSPS) is 17.5. The highest BCUT2D eigenvalue weighted by Gasteiger charge is 2.24. The fourth-order valence-electron chi connectivity index (χ4n) is 3.15. The zero-order chi connectivity index (χ0) is 16.8. The molecule has 25 heavy (non-hydrogen) atoms. The molecule has 0 bridgehead atoms. The SMILES string of the molecule is Cl.O=C(O)[C@@H]1CCCN(CCOc2cccc(-c3ccccc3)c2)C1. The summed E-state index contributed by atoms with van der Waals surface area (Å²) in [6.07, 6.45) is 1.73. The molecule has 5 heteroatoms. The van der Waals surface area contributed by atoms with Gasteiger partial charge in [-0.3, -0.25) is 9.69 Å². The van der Waals surface area contributed by atoms with E-state index in [0.29, 0.717) is 13.2 Å². The Morgan fingerprint density at radius 1 is 1.12 bits per heavy atom. The third-order valence-corrected chi connectivity index (χ3v) is 4.47. The van der Waals surface area contributed by atoms with E-state index in [1.807, 2.05) is 36.4 Å². The van der Waals surface area contributed by atoms with Crippen molar-refractivity contribution in [1.82, 2.24) is 4.90 Å². The molecule has 1 heterocycles. The van der Waals surface area contributed by atoms with Gasteiger partial charge in [-0.2, -0.15) is 0 Å². The molecule has 1 fully saturated rings. The van der Waals surface area contributed by atoms with Crippen LogP contribution in [0, 0.1) is 5.92 Å². The lowest BCUT2D eigenvalue weighted by Crippen LogP contribution is -2.40. The Morgan fingerprint density at radius 3 is 2.64 bits per heavy atom. The number of carboxylic acid groups (broad SMARTS) is 1. The first-order valence-corrected chi connectivity index (χ1v) is 8.46. The van der Waals surface area contributed by atoms with Crippen LogP contribution in [-0.4, -0.2) is 42.2 Å². The molecule has 0 aromatic heterocycles. The number of nitrogens with zero attached hydrogens (tertiary/aromatic N) is 1. The van der Waals surface area contributed by atoms with Gasteiger partial charge in [0.1, 0.15) is 12.4 Å². The van der Waals surface area contributed by atoms with Gasteiger partial charge in [0.15, 0.2) is 0 Å². The fraction of sp³-hybridized carbons (Fsp3) is 0.350. The van der Waals surface area contributed by atoms with E-state index in [0.717, 1.165) is 37.2 Å². The summed E-state index contributed by atoms with van der Waals surface area (Å²) in [6.45, 7) is 2.92. The number of carbonyl (C=O) groups is 1. The van der Waals surface area contributed by atoms with Crippen LogP contribution < -0.4 is 4.74 Å².